The maximum atomic E-state index is 14.7. The van der Waals surface area contributed by atoms with Gasteiger partial charge in [0.2, 0.25) is 41.4 Å². The molecule has 1 heterocycles. The summed E-state index contributed by atoms with van der Waals surface area (Å²) in [5.41, 5.74) is 14.0. The Kier molecular flexibility index (Phi) is 26.4. The number of phenols is 1. The number of fused-ring (bicyclic) bond motifs is 1. The second-order valence-corrected chi connectivity index (χ2v) is 19.9. The maximum absolute atomic E-state index is 14.7. The number of hydrogen-bond acceptors (Lipinski definition) is 14. The number of carboxylic acids is 4. The number of carbonyl (C=O) groups is 11. The first-order valence-corrected chi connectivity index (χ1v) is 26.8. The summed E-state index contributed by atoms with van der Waals surface area (Å²) in [6, 6.07) is 8.90. The minimum atomic E-state index is -1.76. The SMILES string of the molecule is CC[C@H](C)[C@H](NC(=O)[C@H](Cc1ccc(O)cc1)NC(=O)[C@@H](N)CCC(=O)O)C(=O)N[C@@H](CCCCN)C(=O)N[C@@H](Cc1c[nH]c2ccccc12)C(=O)N[C@@H](CCC(=O)O)C(=O)N[C@@H](CCC(=O)O)C(=O)N[C@@H](Cc1ccccc1)C(=O)O. The lowest BCUT2D eigenvalue weighted by atomic mass is 9.96. The maximum Gasteiger partial charge on any atom is 0.326 e. The number of aliphatic carboxylic acids is 4. The van der Waals surface area contributed by atoms with Crippen molar-refractivity contribution in [2.75, 3.05) is 6.54 Å². The minimum Gasteiger partial charge on any atom is -0.508 e. The standard InChI is InChI=1S/C56H74N10O16/c1-3-31(2)48(66-54(79)42(27-33-16-18-35(67)19-17-33)63-49(74)37(58)20-23-45(68)69)55(80)62-39(15-9-10-26-57)50(75)64-43(29-34-30-59-38-14-8-7-13-36(34)38)53(78)61-40(21-24-46(70)71)51(76)60-41(22-25-47(72)73)52(77)65-44(56(81)82)28-32-11-5-4-6-12-32/h4-8,11-14,16-19,30-31,37,39-44,48,59,67H,3,9-10,15,20-29,57-58H2,1-2H3,(H,60,76)(H,61,78)(H,62,80)(H,63,74)(H,64,75)(H,65,77)(H,66,79)(H,68,69)(H,70,71)(H,72,73)(H,81,82)/t31-,37-,39-,40-,41-,42-,43-,44-,48-/m0/s1. The highest BCUT2D eigenvalue weighted by Gasteiger charge is 2.36. The van der Waals surface area contributed by atoms with Crippen LogP contribution in [-0.4, -0.2) is 151 Å². The molecule has 17 N–H and O–H groups in total. The number of H-pyrrole nitrogens is 1. The van der Waals surface area contributed by atoms with E-state index < -0.39 is 152 Å². The molecule has 0 radical (unpaired) electrons. The number of benzene rings is 3. The van der Waals surface area contributed by atoms with Crippen molar-refractivity contribution < 1.29 is 78.3 Å². The van der Waals surface area contributed by atoms with Gasteiger partial charge in [-0.05, 0) is 85.9 Å². The highest BCUT2D eigenvalue weighted by Crippen LogP contribution is 2.21. The first kappa shape index (κ1) is 65.6. The lowest BCUT2D eigenvalue weighted by Gasteiger charge is -2.29. The van der Waals surface area contributed by atoms with Crippen LogP contribution in [0.3, 0.4) is 0 Å². The molecule has 0 bridgehead atoms. The second-order valence-electron chi connectivity index (χ2n) is 19.9. The molecule has 4 aromatic rings. The van der Waals surface area contributed by atoms with Gasteiger partial charge in [0, 0.05) is 55.6 Å². The van der Waals surface area contributed by atoms with Crippen molar-refractivity contribution >= 4 is 76.1 Å². The fourth-order valence-corrected chi connectivity index (χ4v) is 8.69. The van der Waals surface area contributed by atoms with Crippen molar-refractivity contribution in [2.45, 2.75) is 146 Å². The lowest BCUT2D eigenvalue weighted by molar-refractivity contribution is -0.143. The van der Waals surface area contributed by atoms with Crippen LogP contribution in [0.5, 0.6) is 5.75 Å². The van der Waals surface area contributed by atoms with Crippen molar-refractivity contribution in [3.8, 4) is 5.75 Å². The summed E-state index contributed by atoms with van der Waals surface area (Å²) in [6.07, 6.45) is -1.34. The molecule has 26 nitrogen and oxygen atoms in total. The number of nitrogens with one attached hydrogen (secondary N) is 8. The van der Waals surface area contributed by atoms with Crippen molar-refractivity contribution in [2.24, 2.45) is 17.4 Å². The van der Waals surface area contributed by atoms with E-state index in [2.05, 4.69) is 42.2 Å². The van der Waals surface area contributed by atoms with E-state index in [0.29, 0.717) is 40.4 Å². The Hall–Kier alpha value is -8.91. The van der Waals surface area contributed by atoms with E-state index in [9.17, 15) is 73.2 Å². The molecule has 0 aliphatic carbocycles. The van der Waals surface area contributed by atoms with Crippen molar-refractivity contribution in [3.05, 3.63) is 102 Å². The van der Waals surface area contributed by atoms with Crippen LogP contribution in [0.4, 0.5) is 0 Å². The number of aromatic amines is 1. The Morgan fingerprint density at radius 1 is 0.500 bits per heavy atom. The van der Waals surface area contributed by atoms with Crippen LogP contribution in [-0.2, 0) is 72.0 Å². The number of rotatable bonds is 36. The zero-order valence-electron chi connectivity index (χ0n) is 45.6. The Morgan fingerprint density at radius 3 is 1.51 bits per heavy atom. The number of phenolic OH excluding ortho intramolecular Hbond substituents is 1. The zero-order chi connectivity index (χ0) is 60.5. The van der Waals surface area contributed by atoms with E-state index in [1.807, 2.05) is 0 Å². The molecule has 444 valence electrons. The van der Waals surface area contributed by atoms with Gasteiger partial charge in [-0.25, -0.2) is 4.79 Å². The molecule has 0 fully saturated rings. The number of carboxylic acid groups (broad SMARTS) is 4. The summed E-state index contributed by atoms with van der Waals surface area (Å²) < 4.78 is 0. The number of hydrogen-bond donors (Lipinski definition) is 15. The number of carbonyl (C=O) groups excluding carboxylic acids is 7. The van der Waals surface area contributed by atoms with Gasteiger partial charge < -0.3 is 79.2 Å². The van der Waals surface area contributed by atoms with Gasteiger partial charge in [-0.3, -0.25) is 47.9 Å². The summed E-state index contributed by atoms with van der Waals surface area (Å²) in [7, 11) is 0. The molecule has 82 heavy (non-hydrogen) atoms. The molecule has 7 amide bonds. The normalized spacial score (nSPS) is 14.4. The topological polar surface area (TPSA) is 441 Å². The van der Waals surface area contributed by atoms with Gasteiger partial charge in [0.05, 0.1) is 6.04 Å². The van der Waals surface area contributed by atoms with E-state index in [0.717, 1.165) is 0 Å². The molecule has 0 spiro atoms. The Balaban J connectivity index is 1.66. The van der Waals surface area contributed by atoms with E-state index in [4.69, 9.17) is 16.6 Å². The average Bonchev–Trinajstić information content (AvgIpc) is 3.92. The highest BCUT2D eigenvalue weighted by atomic mass is 16.4. The van der Waals surface area contributed by atoms with Crippen LogP contribution in [0, 0.1) is 5.92 Å². The van der Waals surface area contributed by atoms with E-state index >= 15 is 0 Å². The molecule has 0 unspecified atom stereocenters. The molecular weight excluding hydrogens is 1070 g/mol. The molecule has 0 aliphatic rings. The molecule has 1 aromatic heterocycles. The number of nitrogens with two attached hydrogens (primary N) is 2. The van der Waals surface area contributed by atoms with Crippen LogP contribution >= 0.6 is 0 Å². The Labute approximate surface area is 472 Å². The predicted octanol–water partition coefficient (Wildman–Crippen LogP) is 0.476. The molecular formula is C56H74N10O16. The van der Waals surface area contributed by atoms with Gasteiger partial charge in [-0.2, -0.15) is 0 Å². The van der Waals surface area contributed by atoms with Crippen LogP contribution in [0.25, 0.3) is 10.9 Å². The molecule has 9 atom stereocenters. The Bertz CT molecular complexity index is 2850. The van der Waals surface area contributed by atoms with Crippen LogP contribution in [0.15, 0.2) is 85.1 Å². The third kappa shape index (κ3) is 21.6. The lowest BCUT2D eigenvalue weighted by Crippen LogP contribution is -2.61. The fraction of sp³-hybridized carbons (Fsp3) is 0.446. The highest BCUT2D eigenvalue weighted by molar-refractivity contribution is 5.98. The van der Waals surface area contributed by atoms with Gasteiger partial charge in [0.15, 0.2) is 0 Å². The summed E-state index contributed by atoms with van der Waals surface area (Å²) >= 11 is 0. The number of amides is 7. The number of para-hydroxylation sites is 1. The molecule has 0 saturated heterocycles. The molecule has 26 heteroatoms. The summed E-state index contributed by atoms with van der Waals surface area (Å²) in [5.74, 6) is -12.8. The first-order chi connectivity index (χ1) is 39.0. The largest absolute Gasteiger partial charge is 0.508 e. The minimum absolute atomic E-state index is 0.0529. The van der Waals surface area contributed by atoms with Crippen LogP contribution < -0.4 is 48.7 Å². The van der Waals surface area contributed by atoms with Crippen molar-refractivity contribution in [3.63, 3.8) is 0 Å². The van der Waals surface area contributed by atoms with Crippen LogP contribution in [0.1, 0.15) is 94.7 Å². The van der Waals surface area contributed by atoms with Crippen LogP contribution in [0.2, 0.25) is 0 Å². The Morgan fingerprint density at radius 2 is 0.951 bits per heavy atom. The van der Waals surface area contributed by atoms with Crippen molar-refractivity contribution in [1.82, 2.24) is 42.2 Å². The molecule has 3 aromatic carbocycles. The number of aromatic nitrogens is 1. The van der Waals surface area contributed by atoms with E-state index in [-0.39, 0.29) is 50.8 Å². The monoisotopic (exact) mass is 1140 g/mol. The average molecular weight is 1140 g/mol. The van der Waals surface area contributed by atoms with Gasteiger partial charge in [0.1, 0.15) is 48.0 Å². The predicted molar refractivity (Wildman–Crippen MR) is 296 cm³/mol. The third-order valence-electron chi connectivity index (χ3n) is 13.6. The van der Waals surface area contributed by atoms with Gasteiger partial charge in [0.25, 0.3) is 0 Å². The zero-order valence-corrected chi connectivity index (χ0v) is 45.6. The molecule has 0 saturated carbocycles. The van der Waals surface area contributed by atoms with Gasteiger partial charge >= 0.3 is 23.9 Å². The summed E-state index contributed by atoms with van der Waals surface area (Å²) in [5, 5.41) is 66.7. The summed E-state index contributed by atoms with van der Waals surface area (Å²) in [4.78, 5) is 149. The molecule has 0 aliphatic heterocycles. The summed E-state index contributed by atoms with van der Waals surface area (Å²) in [6.45, 7) is 3.59. The quantitative estimate of drug-likeness (QED) is 0.0275. The number of unbranched alkanes of at least 4 members (excludes halogenated alkanes) is 1. The van der Waals surface area contributed by atoms with Crippen molar-refractivity contribution in [1.29, 1.82) is 0 Å². The van der Waals surface area contributed by atoms with E-state index in [1.54, 1.807) is 74.6 Å². The smallest absolute Gasteiger partial charge is 0.326 e. The number of aromatic hydroxyl groups is 1. The second kappa shape index (κ2) is 33.0. The molecule has 4 rings (SSSR count). The fourth-order valence-electron chi connectivity index (χ4n) is 8.69. The van der Waals surface area contributed by atoms with Gasteiger partial charge in [-0.1, -0.05) is 80.9 Å². The third-order valence-corrected chi connectivity index (χ3v) is 13.6. The first-order valence-electron chi connectivity index (χ1n) is 26.8. The van der Waals surface area contributed by atoms with Gasteiger partial charge in [-0.15, -0.1) is 0 Å². The van der Waals surface area contributed by atoms with E-state index in [1.165, 1.54) is 24.3 Å².